The maximum atomic E-state index is 12.4. The van der Waals surface area contributed by atoms with Gasteiger partial charge in [0.25, 0.3) is 5.91 Å². The Balaban J connectivity index is 1.96. The highest BCUT2D eigenvalue weighted by atomic mass is 16.5. The van der Waals surface area contributed by atoms with E-state index in [0.717, 1.165) is 18.6 Å². The van der Waals surface area contributed by atoms with E-state index in [4.69, 9.17) is 4.74 Å². The lowest BCUT2D eigenvalue weighted by Gasteiger charge is -2.26. The lowest BCUT2D eigenvalue weighted by atomic mass is 10.1. The number of nitrogens with one attached hydrogen (secondary N) is 1. The molecule has 5 heteroatoms. The maximum absolute atomic E-state index is 12.4. The lowest BCUT2D eigenvalue weighted by Crippen LogP contribution is -2.44. The van der Waals surface area contributed by atoms with Crippen molar-refractivity contribution in [1.29, 1.82) is 0 Å². The Hall–Kier alpha value is -1.59. The molecule has 2 rings (SSSR count). The van der Waals surface area contributed by atoms with Crippen LogP contribution in [0, 0.1) is 0 Å². The van der Waals surface area contributed by atoms with Gasteiger partial charge < -0.3 is 20.1 Å². The molecular weight excluding hydrogens is 268 g/mol. The van der Waals surface area contributed by atoms with Crippen LogP contribution >= 0.6 is 0 Å². The molecule has 1 aliphatic heterocycles. The molecule has 0 spiro atoms. The molecule has 1 heterocycles. The van der Waals surface area contributed by atoms with Crippen LogP contribution in [0.2, 0.25) is 0 Å². The Bertz CT molecular complexity index is 461. The first-order valence-corrected chi connectivity index (χ1v) is 7.52. The Morgan fingerprint density at radius 1 is 1.38 bits per heavy atom. The number of likely N-dealkylation sites (N-methyl/N-ethyl adjacent to an activating group) is 1. The molecule has 1 aliphatic rings. The number of hydrogen-bond donors (Lipinski definition) is 2. The minimum Gasteiger partial charge on any atom is -0.494 e. The number of rotatable bonds is 6. The number of hydrogen-bond acceptors (Lipinski definition) is 4. The third-order valence-corrected chi connectivity index (χ3v) is 3.84. The summed E-state index contributed by atoms with van der Waals surface area (Å²) in [6.45, 7) is 3.98. The third kappa shape index (κ3) is 3.95. The molecule has 2 N–H and O–H groups in total. The molecule has 1 aromatic rings. The van der Waals surface area contributed by atoms with Gasteiger partial charge in [-0.3, -0.25) is 4.79 Å². The zero-order chi connectivity index (χ0) is 15.2. The zero-order valence-electron chi connectivity index (χ0n) is 12.7. The smallest absolute Gasteiger partial charge is 0.253 e. The fourth-order valence-corrected chi connectivity index (χ4v) is 2.43. The summed E-state index contributed by atoms with van der Waals surface area (Å²) in [6.07, 6.45) is 1.62. The minimum absolute atomic E-state index is 0.0807. The summed E-state index contributed by atoms with van der Waals surface area (Å²) < 4.78 is 5.58. The zero-order valence-corrected chi connectivity index (χ0v) is 12.7. The molecule has 0 unspecified atom stereocenters. The summed E-state index contributed by atoms with van der Waals surface area (Å²) >= 11 is 0. The average molecular weight is 292 g/mol. The maximum Gasteiger partial charge on any atom is 0.253 e. The van der Waals surface area contributed by atoms with E-state index in [0.29, 0.717) is 25.3 Å². The number of aliphatic hydroxyl groups excluding tert-OH is 1. The van der Waals surface area contributed by atoms with Crippen LogP contribution in [0.4, 0.5) is 0 Å². The van der Waals surface area contributed by atoms with E-state index >= 15 is 0 Å². The van der Waals surface area contributed by atoms with Gasteiger partial charge in [0, 0.05) is 25.7 Å². The van der Waals surface area contributed by atoms with Crippen molar-refractivity contribution in [3.63, 3.8) is 0 Å². The predicted octanol–water partition coefficient (Wildman–Crippen LogP) is 1.27. The van der Waals surface area contributed by atoms with Gasteiger partial charge in [0.1, 0.15) is 5.75 Å². The highest BCUT2D eigenvalue weighted by molar-refractivity contribution is 5.94. The highest BCUT2D eigenvalue weighted by Gasteiger charge is 2.31. The topological polar surface area (TPSA) is 61.8 Å². The molecule has 21 heavy (non-hydrogen) atoms. The van der Waals surface area contributed by atoms with E-state index < -0.39 is 6.10 Å². The van der Waals surface area contributed by atoms with Crippen molar-refractivity contribution >= 4 is 5.91 Å². The normalized spacial score (nSPS) is 21.3. The molecule has 116 valence electrons. The quantitative estimate of drug-likeness (QED) is 0.775. The molecule has 5 nitrogen and oxygen atoms in total. The first kappa shape index (κ1) is 15.8. The molecule has 1 aromatic carbocycles. The van der Waals surface area contributed by atoms with E-state index in [1.807, 2.05) is 12.1 Å². The van der Waals surface area contributed by atoms with Crippen LogP contribution in [0.5, 0.6) is 5.75 Å². The Morgan fingerprint density at radius 3 is 2.67 bits per heavy atom. The van der Waals surface area contributed by atoms with Crippen LogP contribution < -0.4 is 10.1 Å². The van der Waals surface area contributed by atoms with Crippen molar-refractivity contribution in [2.75, 3.05) is 26.7 Å². The van der Waals surface area contributed by atoms with E-state index in [-0.39, 0.29) is 11.9 Å². The molecule has 0 saturated carbocycles. The van der Waals surface area contributed by atoms with E-state index in [1.165, 1.54) is 0 Å². The van der Waals surface area contributed by atoms with Gasteiger partial charge in [0.2, 0.25) is 0 Å². The van der Waals surface area contributed by atoms with E-state index in [9.17, 15) is 9.90 Å². The Kier molecular flexibility index (Phi) is 5.59. The largest absolute Gasteiger partial charge is 0.494 e. The van der Waals surface area contributed by atoms with Crippen LogP contribution in [-0.2, 0) is 0 Å². The fraction of sp³-hybridized carbons (Fsp3) is 0.562. The molecule has 0 radical (unpaired) electrons. The van der Waals surface area contributed by atoms with Crippen LogP contribution in [0.1, 0.15) is 30.1 Å². The standard InChI is InChI=1S/C16H24N2O3/c1-3-4-9-21-13-7-5-12(6-8-13)16(20)18(2)14-10-17-11-15(14)19/h5-8,14-15,17,19H,3-4,9-11H2,1-2H3/t14-,15-/m1/s1. The van der Waals surface area contributed by atoms with Crippen LogP contribution in [0.25, 0.3) is 0 Å². The number of benzene rings is 1. The van der Waals surface area contributed by atoms with E-state index in [2.05, 4.69) is 12.2 Å². The number of β-amino-alcohol motifs (C(OH)–C–C–N with tert-alkyl or cyclic N) is 1. The second-order valence-corrected chi connectivity index (χ2v) is 5.44. The number of amides is 1. The predicted molar refractivity (Wildman–Crippen MR) is 81.6 cm³/mol. The van der Waals surface area contributed by atoms with Crippen LogP contribution in [0.15, 0.2) is 24.3 Å². The number of carbonyl (C=O) groups is 1. The van der Waals surface area contributed by atoms with Crippen molar-refractivity contribution in [1.82, 2.24) is 10.2 Å². The van der Waals surface area contributed by atoms with Crippen molar-refractivity contribution in [3.8, 4) is 5.75 Å². The first-order chi connectivity index (χ1) is 10.1. The molecule has 1 fully saturated rings. The third-order valence-electron chi connectivity index (χ3n) is 3.84. The van der Waals surface area contributed by atoms with Crippen molar-refractivity contribution < 1.29 is 14.6 Å². The molecule has 0 bridgehead atoms. The molecule has 1 amide bonds. The summed E-state index contributed by atoms with van der Waals surface area (Å²) in [5.41, 5.74) is 0.611. The summed E-state index contributed by atoms with van der Waals surface area (Å²) in [5, 5.41) is 12.9. The van der Waals surface area contributed by atoms with Gasteiger partial charge in [-0.1, -0.05) is 13.3 Å². The minimum atomic E-state index is -0.504. The van der Waals surface area contributed by atoms with E-state index in [1.54, 1.807) is 24.1 Å². The molecular formula is C16H24N2O3. The monoisotopic (exact) mass is 292 g/mol. The number of nitrogens with zero attached hydrogens (tertiary/aromatic N) is 1. The van der Waals surface area contributed by atoms with Gasteiger partial charge in [0.15, 0.2) is 0 Å². The van der Waals surface area contributed by atoms with Gasteiger partial charge in [-0.15, -0.1) is 0 Å². The van der Waals surface area contributed by atoms with Gasteiger partial charge in [0.05, 0.1) is 18.8 Å². The Labute approximate surface area is 125 Å². The lowest BCUT2D eigenvalue weighted by molar-refractivity contribution is 0.0581. The number of unbranched alkanes of at least 4 members (excludes halogenated alkanes) is 1. The molecule has 0 aromatic heterocycles. The summed E-state index contributed by atoms with van der Waals surface area (Å²) in [6, 6.07) is 7.02. The first-order valence-electron chi connectivity index (χ1n) is 7.52. The number of aliphatic hydroxyl groups is 1. The number of carbonyl (C=O) groups excluding carboxylic acids is 1. The average Bonchev–Trinajstić information content (AvgIpc) is 2.93. The van der Waals surface area contributed by atoms with Gasteiger partial charge in [-0.2, -0.15) is 0 Å². The second-order valence-electron chi connectivity index (χ2n) is 5.44. The van der Waals surface area contributed by atoms with Gasteiger partial charge >= 0.3 is 0 Å². The summed E-state index contributed by atoms with van der Waals surface area (Å²) in [5.74, 6) is 0.702. The fourth-order valence-electron chi connectivity index (χ4n) is 2.43. The van der Waals surface area contributed by atoms with Gasteiger partial charge in [-0.05, 0) is 30.7 Å². The van der Waals surface area contributed by atoms with Crippen LogP contribution in [-0.4, -0.2) is 54.8 Å². The highest BCUT2D eigenvalue weighted by Crippen LogP contribution is 2.16. The Morgan fingerprint density at radius 2 is 2.10 bits per heavy atom. The molecule has 0 aliphatic carbocycles. The summed E-state index contributed by atoms with van der Waals surface area (Å²) in [7, 11) is 1.73. The van der Waals surface area contributed by atoms with Crippen molar-refractivity contribution in [2.24, 2.45) is 0 Å². The number of ether oxygens (including phenoxy) is 1. The van der Waals surface area contributed by atoms with Crippen molar-refractivity contribution in [3.05, 3.63) is 29.8 Å². The van der Waals surface area contributed by atoms with Gasteiger partial charge in [-0.25, -0.2) is 0 Å². The second kappa shape index (κ2) is 7.43. The van der Waals surface area contributed by atoms with Crippen LogP contribution in [0.3, 0.4) is 0 Å². The SMILES string of the molecule is CCCCOc1ccc(C(=O)N(C)[C@@H]2CNC[C@H]2O)cc1. The summed E-state index contributed by atoms with van der Waals surface area (Å²) in [4.78, 5) is 14.0. The molecule has 2 atom stereocenters. The van der Waals surface area contributed by atoms with Crippen molar-refractivity contribution in [2.45, 2.75) is 31.9 Å². The molecule has 1 saturated heterocycles.